The lowest BCUT2D eigenvalue weighted by Crippen LogP contribution is -1.96. The Balaban J connectivity index is 2.06. The van der Waals surface area contributed by atoms with Crippen LogP contribution in [0.5, 0.6) is 0 Å². The molecule has 0 aliphatic heterocycles. The van der Waals surface area contributed by atoms with E-state index in [0.29, 0.717) is 0 Å². The highest BCUT2D eigenvalue weighted by molar-refractivity contribution is 7.10. The maximum Gasteiger partial charge on any atom is 0.113 e. The molecule has 1 nitrogen and oxygen atoms in total. The molecule has 0 amide bonds. The molecule has 0 unspecified atom stereocenters. The van der Waals surface area contributed by atoms with Gasteiger partial charge < -0.3 is 5.11 Å². The highest BCUT2D eigenvalue weighted by Gasteiger charge is 2.11. The number of thiophene rings is 1. The zero-order chi connectivity index (χ0) is 11.7. The fraction of sp³-hybridized carbons (Fsp3) is 0.0667. The SMILES string of the molecule is O[C@@H](c1ccc2ccccc2c1)c1cccs1. The van der Waals surface area contributed by atoms with E-state index in [0.717, 1.165) is 10.4 Å². The molecule has 2 heteroatoms. The fourth-order valence-electron chi connectivity index (χ4n) is 1.99. The van der Waals surface area contributed by atoms with Crippen LogP contribution in [0.2, 0.25) is 0 Å². The molecule has 1 heterocycles. The van der Waals surface area contributed by atoms with Crippen LogP contribution in [0.25, 0.3) is 10.8 Å². The summed E-state index contributed by atoms with van der Waals surface area (Å²) in [6.07, 6.45) is -0.514. The summed E-state index contributed by atoms with van der Waals surface area (Å²) in [6.45, 7) is 0. The molecule has 84 valence electrons. The molecule has 3 rings (SSSR count). The lowest BCUT2D eigenvalue weighted by molar-refractivity contribution is 0.224. The molecule has 1 atom stereocenters. The predicted octanol–water partition coefficient (Wildman–Crippen LogP) is 3.98. The average molecular weight is 240 g/mol. The van der Waals surface area contributed by atoms with Crippen molar-refractivity contribution in [1.82, 2.24) is 0 Å². The second kappa shape index (κ2) is 4.32. The second-order valence-corrected chi connectivity index (χ2v) is 5.00. The number of rotatable bonds is 2. The first-order valence-electron chi connectivity index (χ1n) is 5.55. The molecule has 1 aromatic heterocycles. The zero-order valence-electron chi connectivity index (χ0n) is 9.21. The Kier molecular flexibility index (Phi) is 2.67. The van der Waals surface area contributed by atoms with E-state index in [1.807, 2.05) is 35.7 Å². The third-order valence-electron chi connectivity index (χ3n) is 2.90. The summed E-state index contributed by atoms with van der Waals surface area (Å²) >= 11 is 1.58. The van der Waals surface area contributed by atoms with Gasteiger partial charge >= 0.3 is 0 Å². The Morgan fingerprint density at radius 2 is 1.71 bits per heavy atom. The van der Waals surface area contributed by atoms with Crippen molar-refractivity contribution >= 4 is 22.1 Å². The molecular weight excluding hydrogens is 228 g/mol. The molecule has 17 heavy (non-hydrogen) atoms. The number of aliphatic hydroxyl groups is 1. The van der Waals surface area contributed by atoms with Gasteiger partial charge in [0.05, 0.1) is 0 Å². The Morgan fingerprint density at radius 1 is 0.882 bits per heavy atom. The standard InChI is InChI=1S/C15H12OS/c16-15(14-6-3-9-17-14)13-8-7-11-4-1-2-5-12(11)10-13/h1-10,15-16H/t15-/m0/s1. The lowest BCUT2D eigenvalue weighted by Gasteiger charge is -2.09. The van der Waals surface area contributed by atoms with Gasteiger partial charge in [-0.3, -0.25) is 0 Å². The normalized spacial score (nSPS) is 12.8. The molecule has 0 spiro atoms. The highest BCUT2D eigenvalue weighted by atomic mass is 32.1. The van der Waals surface area contributed by atoms with Crippen LogP contribution in [0.15, 0.2) is 60.0 Å². The van der Waals surface area contributed by atoms with Crippen molar-refractivity contribution in [3.05, 3.63) is 70.4 Å². The fourth-order valence-corrected chi connectivity index (χ4v) is 2.73. The van der Waals surface area contributed by atoms with Gasteiger partial charge in [0.15, 0.2) is 0 Å². The largest absolute Gasteiger partial charge is 0.383 e. The Hall–Kier alpha value is -1.64. The van der Waals surface area contributed by atoms with Gasteiger partial charge in [0.2, 0.25) is 0 Å². The van der Waals surface area contributed by atoms with Crippen molar-refractivity contribution in [2.45, 2.75) is 6.10 Å². The van der Waals surface area contributed by atoms with E-state index < -0.39 is 6.10 Å². The maximum absolute atomic E-state index is 10.3. The minimum atomic E-state index is -0.514. The van der Waals surface area contributed by atoms with Crippen molar-refractivity contribution in [1.29, 1.82) is 0 Å². The van der Waals surface area contributed by atoms with E-state index in [1.54, 1.807) is 11.3 Å². The quantitative estimate of drug-likeness (QED) is 0.718. The summed E-state index contributed by atoms with van der Waals surface area (Å²) in [7, 11) is 0. The number of hydrogen-bond acceptors (Lipinski definition) is 2. The summed E-state index contributed by atoms with van der Waals surface area (Å²) in [4.78, 5) is 0.986. The van der Waals surface area contributed by atoms with Crippen LogP contribution in [0.4, 0.5) is 0 Å². The van der Waals surface area contributed by atoms with Crippen molar-refractivity contribution < 1.29 is 5.11 Å². The van der Waals surface area contributed by atoms with Crippen LogP contribution in [0, 0.1) is 0 Å². The number of fused-ring (bicyclic) bond motifs is 1. The average Bonchev–Trinajstić information content (AvgIpc) is 2.91. The second-order valence-electron chi connectivity index (χ2n) is 4.02. The number of aliphatic hydroxyl groups excluding tert-OH is 1. The summed E-state index contributed by atoms with van der Waals surface area (Å²) in [6, 6.07) is 18.2. The molecule has 0 saturated carbocycles. The van der Waals surface area contributed by atoms with Crippen molar-refractivity contribution in [2.24, 2.45) is 0 Å². The third kappa shape index (κ3) is 1.97. The molecule has 0 radical (unpaired) electrons. The van der Waals surface area contributed by atoms with Gasteiger partial charge in [-0.1, -0.05) is 42.5 Å². The smallest absolute Gasteiger partial charge is 0.113 e. The first-order chi connectivity index (χ1) is 8.34. The first kappa shape index (κ1) is 10.5. The first-order valence-corrected chi connectivity index (χ1v) is 6.43. The topological polar surface area (TPSA) is 20.2 Å². The van der Waals surface area contributed by atoms with Crippen LogP contribution in [0.3, 0.4) is 0 Å². The van der Waals surface area contributed by atoms with Gasteiger partial charge in [-0.05, 0) is 33.8 Å². The van der Waals surface area contributed by atoms with Crippen LogP contribution in [-0.4, -0.2) is 5.11 Å². The van der Waals surface area contributed by atoms with Gasteiger partial charge in [0.1, 0.15) is 6.10 Å². The van der Waals surface area contributed by atoms with E-state index in [4.69, 9.17) is 0 Å². The van der Waals surface area contributed by atoms with Gasteiger partial charge in [-0.15, -0.1) is 11.3 Å². The molecule has 0 fully saturated rings. The molecule has 0 bridgehead atoms. The Labute approximate surface area is 104 Å². The van der Waals surface area contributed by atoms with Gasteiger partial charge in [0, 0.05) is 4.88 Å². The van der Waals surface area contributed by atoms with E-state index >= 15 is 0 Å². The van der Waals surface area contributed by atoms with Crippen LogP contribution in [-0.2, 0) is 0 Å². The summed E-state index contributed by atoms with van der Waals surface area (Å²) < 4.78 is 0. The Bertz CT molecular complexity index is 628. The molecule has 0 saturated heterocycles. The monoisotopic (exact) mass is 240 g/mol. The van der Waals surface area contributed by atoms with Crippen molar-refractivity contribution in [3.8, 4) is 0 Å². The Morgan fingerprint density at radius 3 is 2.47 bits per heavy atom. The van der Waals surface area contributed by atoms with Gasteiger partial charge in [0.25, 0.3) is 0 Å². The van der Waals surface area contributed by atoms with E-state index in [9.17, 15) is 5.11 Å². The molecule has 2 aromatic carbocycles. The summed E-state index contributed by atoms with van der Waals surface area (Å²) in [5.74, 6) is 0. The lowest BCUT2D eigenvalue weighted by atomic mass is 10.0. The van der Waals surface area contributed by atoms with Crippen molar-refractivity contribution in [2.75, 3.05) is 0 Å². The van der Waals surface area contributed by atoms with E-state index in [1.165, 1.54) is 10.8 Å². The molecule has 1 N–H and O–H groups in total. The predicted molar refractivity (Wildman–Crippen MR) is 72.3 cm³/mol. The molecule has 3 aromatic rings. The summed E-state index contributed by atoms with van der Waals surface area (Å²) in [5, 5.41) is 14.6. The van der Waals surface area contributed by atoms with Gasteiger partial charge in [-0.2, -0.15) is 0 Å². The summed E-state index contributed by atoms with van der Waals surface area (Å²) in [5.41, 5.74) is 0.950. The molecule has 0 aliphatic carbocycles. The third-order valence-corrected chi connectivity index (χ3v) is 3.83. The van der Waals surface area contributed by atoms with Crippen LogP contribution < -0.4 is 0 Å². The van der Waals surface area contributed by atoms with Crippen LogP contribution >= 0.6 is 11.3 Å². The van der Waals surface area contributed by atoms with E-state index in [2.05, 4.69) is 24.3 Å². The molecule has 0 aliphatic rings. The molecular formula is C15H12OS. The van der Waals surface area contributed by atoms with E-state index in [-0.39, 0.29) is 0 Å². The number of hydrogen-bond donors (Lipinski definition) is 1. The maximum atomic E-state index is 10.3. The van der Waals surface area contributed by atoms with Crippen molar-refractivity contribution in [3.63, 3.8) is 0 Å². The van der Waals surface area contributed by atoms with Crippen LogP contribution in [0.1, 0.15) is 16.5 Å². The minimum absolute atomic E-state index is 0.514. The highest BCUT2D eigenvalue weighted by Crippen LogP contribution is 2.27. The minimum Gasteiger partial charge on any atom is -0.383 e. The number of benzene rings is 2. The van der Waals surface area contributed by atoms with Gasteiger partial charge in [-0.25, -0.2) is 0 Å². The zero-order valence-corrected chi connectivity index (χ0v) is 10.0.